The molecule has 112 valence electrons. The molecule has 0 heterocycles. The number of hydrogen-bond donors (Lipinski definition) is 1. The van der Waals surface area contributed by atoms with Gasteiger partial charge in [-0.15, -0.1) is 0 Å². The third-order valence-electron chi connectivity index (χ3n) is 3.63. The summed E-state index contributed by atoms with van der Waals surface area (Å²) in [6.07, 6.45) is 2.20. The average Bonchev–Trinajstić information content (AvgIpc) is 2.50. The van der Waals surface area contributed by atoms with Crippen molar-refractivity contribution in [3.8, 4) is 0 Å². The molecule has 0 saturated carbocycles. The summed E-state index contributed by atoms with van der Waals surface area (Å²) in [5, 5.41) is 0. The lowest BCUT2D eigenvalue weighted by Gasteiger charge is -2.17. The molecule has 0 unspecified atom stereocenters. The van der Waals surface area contributed by atoms with Crippen molar-refractivity contribution >= 4 is 0 Å². The fourth-order valence-corrected chi connectivity index (χ4v) is 2.47. The first kappa shape index (κ1) is 15.7. The highest BCUT2D eigenvalue weighted by Crippen LogP contribution is 2.12. The molecule has 0 aliphatic carbocycles. The second-order valence-corrected chi connectivity index (χ2v) is 5.46. The van der Waals surface area contributed by atoms with Crippen molar-refractivity contribution in [1.29, 1.82) is 0 Å². The van der Waals surface area contributed by atoms with E-state index in [-0.39, 0.29) is 12.4 Å². The van der Waals surface area contributed by atoms with E-state index in [1.54, 1.807) is 0 Å². The predicted molar refractivity (Wildman–Crippen MR) is 85.4 cm³/mol. The molecule has 0 bridgehead atoms. The van der Waals surface area contributed by atoms with Gasteiger partial charge >= 0.3 is 0 Å². The topological polar surface area (TPSA) is 29.3 Å². The number of nitrogens with zero attached hydrogens (tertiary/aromatic N) is 1. The van der Waals surface area contributed by atoms with Crippen LogP contribution in [0.5, 0.6) is 0 Å². The lowest BCUT2D eigenvalue weighted by Crippen LogP contribution is -2.20. The van der Waals surface area contributed by atoms with Crippen LogP contribution in [0.25, 0.3) is 0 Å². The molecule has 2 rings (SSSR count). The van der Waals surface area contributed by atoms with Crippen LogP contribution in [0.15, 0.2) is 48.5 Å². The molecule has 2 nitrogen and oxygen atoms in total. The third kappa shape index (κ3) is 4.96. The maximum absolute atomic E-state index is 13.4. The van der Waals surface area contributed by atoms with Crippen LogP contribution in [0, 0.1) is 5.82 Å². The van der Waals surface area contributed by atoms with Crippen molar-refractivity contribution in [3.05, 3.63) is 71.0 Å². The fourth-order valence-electron chi connectivity index (χ4n) is 2.47. The highest BCUT2D eigenvalue weighted by Gasteiger charge is 2.05. The van der Waals surface area contributed by atoms with Gasteiger partial charge < -0.3 is 10.6 Å². The first-order valence-electron chi connectivity index (χ1n) is 7.39. The summed E-state index contributed by atoms with van der Waals surface area (Å²) in [7, 11) is 2.09. The molecule has 0 amide bonds. The molecule has 3 heteroatoms. The summed E-state index contributed by atoms with van der Waals surface area (Å²) >= 11 is 0. The Morgan fingerprint density at radius 1 is 1.05 bits per heavy atom. The van der Waals surface area contributed by atoms with Gasteiger partial charge in [-0.25, -0.2) is 4.39 Å². The van der Waals surface area contributed by atoms with Gasteiger partial charge in [0.2, 0.25) is 0 Å². The highest BCUT2D eigenvalue weighted by atomic mass is 19.1. The molecule has 0 fully saturated rings. The van der Waals surface area contributed by atoms with E-state index in [0.717, 1.165) is 31.5 Å². The molecular weight excluding hydrogens is 263 g/mol. The number of rotatable bonds is 7. The zero-order valence-electron chi connectivity index (χ0n) is 12.6. The number of nitrogens with two attached hydrogens (primary N) is 1. The van der Waals surface area contributed by atoms with E-state index < -0.39 is 0 Å². The Hall–Kier alpha value is -1.71. The molecule has 21 heavy (non-hydrogen) atoms. The maximum Gasteiger partial charge on any atom is 0.127 e. The summed E-state index contributed by atoms with van der Waals surface area (Å²) in [4.78, 5) is 2.26. The van der Waals surface area contributed by atoms with Crippen LogP contribution >= 0.6 is 0 Å². The Bertz CT molecular complexity index is 554. The number of hydrogen-bond acceptors (Lipinski definition) is 2. The van der Waals surface area contributed by atoms with Gasteiger partial charge in [-0.05, 0) is 43.6 Å². The Labute approximate surface area is 126 Å². The monoisotopic (exact) mass is 286 g/mol. The number of halogens is 1. The van der Waals surface area contributed by atoms with Crippen LogP contribution in [0.4, 0.5) is 4.39 Å². The molecule has 0 aromatic heterocycles. The van der Waals surface area contributed by atoms with Gasteiger partial charge in [-0.3, -0.25) is 0 Å². The first-order chi connectivity index (χ1) is 10.2. The van der Waals surface area contributed by atoms with Gasteiger partial charge in [0.25, 0.3) is 0 Å². The van der Waals surface area contributed by atoms with Gasteiger partial charge in [0, 0.05) is 18.7 Å². The van der Waals surface area contributed by atoms with Crippen LogP contribution in [0.1, 0.15) is 23.1 Å². The van der Waals surface area contributed by atoms with Crippen molar-refractivity contribution in [2.45, 2.75) is 25.9 Å². The molecular formula is C18H23FN2. The molecule has 2 aromatic carbocycles. The van der Waals surface area contributed by atoms with Crippen molar-refractivity contribution in [2.24, 2.45) is 5.73 Å². The van der Waals surface area contributed by atoms with Crippen LogP contribution < -0.4 is 5.73 Å². The lowest BCUT2D eigenvalue weighted by molar-refractivity contribution is 0.322. The summed E-state index contributed by atoms with van der Waals surface area (Å²) in [6, 6.07) is 15.7. The van der Waals surface area contributed by atoms with Crippen molar-refractivity contribution in [1.82, 2.24) is 4.90 Å². The molecule has 2 N–H and O–H groups in total. The van der Waals surface area contributed by atoms with Crippen LogP contribution in [-0.4, -0.2) is 18.5 Å². The molecule has 0 saturated heterocycles. The molecule has 0 radical (unpaired) electrons. The highest BCUT2D eigenvalue weighted by molar-refractivity contribution is 5.25. The summed E-state index contributed by atoms with van der Waals surface area (Å²) in [5.41, 5.74) is 8.61. The van der Waals surface area contributed by atoms with Crippen molar-refractivity contribution in [2.75, 3.05) is 13.6 Å². The average molecular weight is 286 g/mol. The van der Waals surface area contributed by atoms with Gasteiger partial charge in [0.1, 0.15) is 5.82 Å². The Balaban J connectivity index is 1.80. The van der Waals surface area contributed by atoms with E-state index >= 15 is 0 Å². The summed E-state index contributed by atoms with van der Waals surface area (Å²) < 4.78 is 13.4. The summed E-state index contributed by atoms with van der Waals surface area (Å²) in [6.45, 7) is 2.09. The second kappa shape index (κ2) is 7.91. The van der Waals surface area contributed by atoms with Crippen LogP contribution in [-0.2, 0) is 19.5 Å². The van der Waals surface area contributed by atoms with E-state index in [9.17, 15) is 4.39 Å². The molecule has 0 atom stereocenters. The van der Waals surface area contributed by atoms with E-state index in [0.29, 0.717) is 5.56 Å². The molecule has 0 aliphatic rings. The minimum absolute atomic E-state index is 0.215. The second-order valence-electron chi connectivity index (χ2n) is 5.46. The zero-order valence-corrected chi connectivity index (χ0v) is 12.6. The largest absolute Gasteiger partial charge is 0.326 e. The number of aryl methyl sites for hydroxylation is 1. The van der Waals surface area contributed by atoms with E-state index in [1.807, 2.05) is 18.2 Å². The zero-order chi connectivity index (χ0) is 15.1. The van der Waals surface area contributed by atoms with Crippen molar-refractivity contribution in [3.63, 3.8) is 0 Å². The third-order valence-corrected chi connectivity index (χ3v) is 3.63. The van der Waals surface area contributed by atoms with Gasteiger partial charge in [-0.2, -0.15) is 0 Å². The first-order valence-corrected chi connectivity index (χ1v) is 7.39. The molecule has 0 spiro atoms. The van der Waals surface area contributed by atoms with E-state index in [4.69, 9.17) is 5.73 Å². The quantitative estimate of drug-likeness (QED) is 0.846. The Morgan fingerprint density at radius 3 is 2.52 bits per heavy atom. The maximum atomic E-state index is 13.4. The minimum atomic E-state index is -0.215. The van der Waals surface area contributed by atoms with E-state index in [2.05, 4.69) is 36.2 Å². The van der Waals surface area contributed by atoms with Crippen LogP contribution in [0.2, 0.25) is 0 Å². The number of benzene rings is 2. The van der Waals surface area contributed by atoms with Gasteiger partial charge in [0.15, 0.2) is 0 Å². The van der Waals surface area contributed by atoms with Gasteiger partial charge in [0.05, 0.1) is 0 Å². The van der Waals surface area contributed by atoms with E-state index in [1.165, 1.54) is 11.6 Å². The predicted octanol–water partition coefficient (Wildman–Crippen LogP) is 3.35. The Morgan fingerprint density at radius 2 is 1.81 bits per heavy atom. The normalized spacial score (nSPS) is 11.0. The minimum Gasteiger partial charge on any atom is -0.326 e. The smallest absolute Gasteiger partial charge is 0.127 e. The summed E-state index contributed by atoms with van der Waals surface area (Å²) in [5.74, 6) is -0.215. The Kier molecular flexibility index (Phi) is 5.90. The SMILES string of the molecule is CN(CCCc1ccccc1)Cc1ccc(F)c(CN)c1. The van der Waals surface area contributed by atoms with Gasteiger partial charge in [-0.1, -0.05) is 42.5 Å². The molecule has 0 aliphatic heterocycles. The van der Waals surface area contributed by atoms with Crippen molar-refractivity contribution < 1.29 is 4.39 Å². The molecule has 2 aromatic rings. The fraction of sp³-hybridized carbons (Fsp3) is 0.333. The van der Waals surface area contributed by atoms with Crippen LogP contribution in [0.3, 0.4) is 0 Å². The standard InChI is InChI=1S/C18H23FN2/c1-21(11-5-8-15-6-3-2-4-7-15)14-16-9-10-18(19)17(12-16)13-20/h2-4,6-7,9-10,12H,5,8,11,13-14,20H2,1H3. The lowest BCUT2D eigenvalue weighted by atomic mass is 10.1.